The number of rotatable bonds is 4. The first-order valence-corrected chi connectivity index (χ1v) is 7.74. The third-order valence-corrected chi connectivity index (χ3v) is 5.02. The lowest BCUT2D eigenvalue weighted by Crippen LogP contribution is -2.47. The Morgan fingerprint density at radius 2 is 2.10 bits per heavy atom. The van der Waals surface area contributed by atoms with E-state index in [9.17, 15) is 14.9 Å². The van der Waals surface area contributed by atoms with Crippen LogP contribution in [0.4, 0.5) is 5.69 Å². The van der Waals surface area contributed by atoms with E-state index in [1.165, 1.54) is 6.07 Å². The topological polar surface area (TPSA) is 72.2 Å². The van der Waals surface area contributed by atoms with Crippen molar-refractivity contribution >= 4 is 27.5 Å². The summed E-state index contributed by atoms with van der Waals surface area (Å²) in [6, 6.07) is 4.60. The van der Waals surface area contributed by atoms with Gasteiger partial charge in [0.15, 0.2) is 0 Å². The quantitative estimate of drug-likeness (QED) is 0.519. The smallest absolute Gasteiger partial charge is 0.273 e. The van der Waals surface area contributed by atoms with Crippen molar-refractivity contribution in [2.75, 3.05) is 5.33 Å². The molecule has 108 valence electrons. The highest BCUT2D eigenvalue weighted by Crippen LogP contribution is 2.32. The zero-order valence-corrected chi connectivity index (χ0v) is 12.9. The van der Waals surface area contributed by atoms with Crippen molar-refractivity contribution in [3.8, 4) is 0 Å². The lowest BCUT2D eigenvalue weighted by molar-refractivity contribution is -0.385. The summed E-state index contributed by atoms with van der Waals surface area (Å²) in [5.74, 6) is -0.229. The zero-order valence-electron chi connectivity index (χ0n) is 11.3. The van der Waals surface area contributed by atoms with Crippen LogP contribution < -0.4 is 5.32 Å². The molecule has 0 saturated heterocycles. The molecule has 1 aliphatic carbocycles. The van der Waals surface area contributed by atoms with E-state index < -0.39 is 4.92 Å². The van der Waals surface area contributed by atoms with Crippen LogP contribution in [0.2, 0.25) is 0 Å². The Labute approximate surface area is 126 Å². The van der Waals surface area contributed by atoms with Crippen LogP contribution in [0.1, 0.15) is 41.6 Å². The Hall–Kier alpha value is -1.43. The third-order valence-electron chi connectivity index (χ3n) is 3.94. The minimum atomic E-state index is -0.456. The molecule has 6 heteroatoms. The van der Waals surface area contributed by atoms with Crippen molar-refractivity contribution in [3.63, 3.8) is 0 Å². The number of hydrogen-bond acceptors (Lipinski definition) is 3. The average molecular weight is 341 g/mol. The van der Waals surface area contributed by atoms with E-state index in [0.717, 1.165) is 25.7 Å². The fourth-order valence-electron chi connectivity index (χ4n) is 2.72. The number of nitrogens with one attached hydrogen (secondary N) is 1. The minimum absolute atomic E-state index is 0.0167. The normalized spacial score (nSPS) is 16.9. The van der Waals surface area contributed by atoms with Gasteiger partial charge in [-0.15, -0.1) is 0 Å². The van der Waals surface area contributed by atoms with Crippen molar-refractivity contribution in [3.05, 3.63) is 39.4 Å². The van der Waals surface area contributed by atoms with E-state index in [2.05, 4.69) is 21.2 Å². The largest absolute Gasteiger partial charge is 0.346 e. The first kappa shape index (κ1) is 15.0. The molecule has 0 heterocycles. The zero-order chi connectivity index (χ0) is 14.8. The Morgan fingerprint density at radius 3 is 2.65 bits per heavy atom. The number of alkyl halides is 1. The number of carbonyl (C=O) groups is 1. The van der Waals surface area contributed by atoms with E-state index in [-0.39, 0.29) is 17.1 Å². The fraction of sp³-hybridized carbons (Fsp3) is 0.500. The molecule has 0 bridgehead atoms. The van der Waals surface area contributed by atoms with Crippen LogP contribution in [0.25, 0.3) is 0 Å². The van der Waals surface area contributed by atoms with Gasteiger partial charge in [-0.05, 0) is 25.8 Å². The maximum absolute atomic E-state index is 12.4. The van der Waals surface area contributed by atoms with Crippen LogP contribution in [0.3, 0.4) is 0 Å². The summed E-state index contributed by atoms with van der Waals surface area (Å²) < 4.78 is 0. The van der Waals surface area contributed by atoms with E-state index in [4.69, 9.17) is 0 Å². The van der Waals surface area contributed by atoms with Gasteiger partial charge in [0, 0.05) is 22.5 Å². The molecule has 1 fully saturated rings. The van der Waals surface area contributed by atoms with Gasteiger partial charge in [-0.25, -0.2) is 0 Å². The van der Waals surface area contributed by atoms with Gasteiger partial charge in [0.2, 0.25) is 0 Å². The van der Waals surface area contributed by atoms with Gasteiger partial charge in [0.1, 0.15) is 0 Å². The number of amides is 1. The van der Waals surface area contributed by atoms with Crippen molar-refractivity contribution in [1.29, 1.82) is 0 Å². The third kappa shape index (κ3) is 2.85. The lowest BCUT2D eigenvalue weighted by Gasteiger charge is -2.28. The van der Waals surface area contributed by atoms with Gasteiger partial charge >= 0.3 is 0 Å². The highest BCUT2D eigenvalue weighted by atomic mass is 79.9. The molecule has 20 heavy (non-hydrogen) atoms. The molecular formula is C14H17BrN2O3. The number of nitro groups is 1. The number of hydrogen-bond donors (Lipinski definition) is 1. The van der Waals surface area contributed by atoms with Crippen LogP contribution in [-0.4, -0.2) is 21.7 Å². The summed E-state index contributed by atoms with van der Waals surface area (Å²) in [5.41, 5.74) is 0.565. The van der Waals surface area contributed by atoms with Crippen LogP contribution in [0, 0.1) is 17.0 Å². The standard InChI is InChI=1S/C14H17BrN2O3/c1-10-11(5-4-6-12(10)17(19)20)13(18)16-14(9-15)7-2-3-8-14/h4-6H,2-3,7-9H2,1H3,(H,16,18). The van der Waals surface area contributed by atoms with E-state index in [0.29, 0.717) is 16.5 Å². The number of nitro benzene ring substituents is 1. The molecule has 1 N–H and O–H groups in total. The summed E-state index contributed by atoms with van der Waals surface area (Å²) in [7, 11) is 0. The minimum Gasteiger partial charge on any atom is -0.346 e. The molecule has 0 unspecified atom stereocenters. The van der Waals surface area contributed by atoms with Gasteiger partial charge in [0.05, 0.1) is 10.5 Å². The number of benzene rings is 1. The number of halogens is 1. The maximum Gasteiger partial charge on any atom is 0.273 e. The Bertz CT molecular complexity index is 539. The first-order valence-electron chi connectivity index (χ1n) is 6.61. The SMILES string of the molecule is Cc1c(C(=O)NC2(CBr)CCCC2)cccc1[N+](=O)[O-]. The van der Waals surface area contributed by atoms with Crippen LogP contribution in [0.15, 0.2) is 18.2 Å². The molecule has 1 aromatic carbocycles. The summed E-state index contributed by atoms with van der Waals surface area (Å²) in [5, 5.41) is 14.7. The van der Waals surface area contributed by atoms with Gasteiger partial charge < -0.3 is 5.32 Å². The molecule has 0 radical (unpaired) electrons. The Morgan fingerprint density at radius 1 is 1.45 bits per heavy atom. The van der Waals surface area contributed by atoms with Crippen LogP contribution in [-0.2, 0) is 0 Å². The second-order valence-electron chi connectivity index (χ2n) is 5.28. The highest BCUT2D eigenvalue weighted by molar-refractivity contribution is 9.09. The van der Waals surface area contributed by atoms with Crippen LogP contribution >= 0.6 is 15.9 Å². The molecule has 1 aliphatic rings. The van der Waals surface area contributed by atoms with Crippen molar-refractivity contribution < 1.29 is 9.72 Å². The molecule has 2 rings (SSSR count). The Balaban J connectivity index is 2.25. The molecule has 0 spiro atoms. The second-order valence-corrected chi connectivity index (χ2v) is 5.84. The molecule has 0 aliphatic heterocycles. The predicted molar refractivity (Wildman–Crippen MR) is 80.3 cm³/mol. The molecule has 1 amide bonds. The van der Waals surface area contributed by atoms with Gasteiger partial charge in [-0.1, -0.05) is 34.8 Å². The highest BCUT2D eigenvalue weighted by Gasteiger charge is 2.35. The molecular weight excluding hydrogens is 324 g/mol. The van der Waals surface area contributed by atoms with E-state index in [1.54, 1.807) is 19.1 Å². The average Bonchev–Trinajstić information content (AvgIpc) is 2.87. The van der Waals surface area contributed by atoms with Gasteiger partial charge in [0.25, 0.3) is 11.6 Å². The number of carbonyl (C=O) groups excluding carboxylic acids is 1. The van der Waals surface area contributed by atoms with Crippen LogP contribution in [0.5, 0.6) is 0 Å². The monoisotopic (exact) mass is 340 g/mol. The summed E-state index contributed by atoms with van der Waals surface area (Å²) in [6.45, 7) is 1.61. The predicted octanol–water partition coefficient (Wildman–Crippen LogP) is 3.34. The summed E-state index contributed by atoms with van der Waals surface area (Å²) >= 11 is 3.47. The fourth-order valence-corrected chi connectivity index (χ4v) is 3.42. The molecule has 0 atom stereocenters. The van der Waals surface area contributed by atoms with E-state index >= 15 is 0 Å². The summed E-state index contributed by atoms with van der Waals surface area (Å²) in [6.07, 6.45) is 4.08. The first-order chi connectivity index (χ1) is 9.49. The van der Waals surface area contributed by atoms with E-state index in [1.807, 2.05) is 0 Å². The molecule has 0 aromatic heterocycles. The second kappa shape index (κ2) is 5.91. The Kier molecular flexibility index (Phi) is 4.42. The lowest BCUT2D eigenvalue weighted by atomic mass is 9.98. The number of nitrogens with zero attached hydrogens (tertiary/aromatic N) is 1. The van der Waals surface area contributed by atoms with Gasteiger partial charge in [-0.3, -0.25) is 14.9 Å². The van der Waals surface area contributed by atoms with Crippen molar-refractivity contribution in [2.45, 2.75) is 38.1 Å². The maximum atomic E-state index is 12.4. The molecule has 5 nitrogen and oxygen atoms in total. The molecule has 1 aromatic rings. The van der Waals surface area contributed by atoms with Crippen molar-refractivity contribution in [2.24, 2.45) is 0 Å². The molecule has 1 saturated carbocycles. The van der Waals surface area contributed by atoms with Crippen molar-refractivity contribution in [1.82, 2.24) is 5.32 Å². The van der Waals surface area contributed by atoms with Gasteiger partial charge in [-0.2, -0.15) is 0 Å². The summed E-state index contributed by atoms with van der Waals surface area (Å²) in [4.78, 5) is 22.9.